The molecule has 1 aliphatic heterocycles. The molecule has 194 valence electrons. The Morgan fingerprint density at radius 2 is 0.951 bits per heavy atom. The standard InChI is InChI=1S/C37H24N2OS/c40-41(28-22-23-33-31-14-5-4-12-29(31)30-13-6-7-15-32(30)34(33)24-28)36-17-9-8-16-35(36)38-37(39-41)27-20-18-26(19-21-27)25-10-2-1-3-11-25/h1-24H. The molecule has 0 saturated carbocycles. The molecular weight excluding hydrogens is 520 g/mol. The summed E-state index contributed by atoms with van der Waals surface area (Å²) in [5.74, 6) is 0.483. The number of amidine groups is 1. The highest BCUT2D eigenvalue weighted by molar-refractivity contribution is 7.94. The minimum absolute atomic E-state index is 0.483. The zero-order valence-electron chi connectivity index (χ0n) is 22.1. The largest absolute Gasteiger partial charge is 0.239 e. The van der Waals surface area contributed by atoms with Crippen molar-refractivity contribution in [1.82, 2.24) is 0 Å². The molecule has 0 aliphatic carbocycles. The highest BCUT2D eigenvalue weighted by Crippen LogP contribution is 2.40. The van der Waals surface area contributed by atoms with Crippen molar-refractivity contribution in [2.24, 2.45) is 9.36 Å². The van der Waals surface area contributed by atoms with Gasteiger partial charge < -0.3 is 0 Å². The van der Waals surface area contributed by atoms with Crippen molar-refractivity contribution in [2.45, 2.75) is 9.79 Å². The van der Waals surface area contributed by atoms with E-state index in [0.29, 0.717) is 21.3 Å². The van der Waals surface area contributed by atoms with E-state index in [2.05, 4.69) is 84.9 Å². The first-order chi connectivity index (χ1) is 20.2. The Kier molecular flexibility index (Phi) is 5.37. The predicted molar refractivity (Wildman–Crippen MR) is 171 cm³/mol. The molecule has 1 heterocycles. The van der Waals surface area contributed by atoms with Gasteiger partial charge in [-0.25, -0.2) is 9.20 Å². The van der Waals surface area contributed by atoms with Crippen LogP contribution >= 0.6 is 0 Å². The number of hydrogen-bond acceptors (Lipinski definition) is 3. The molecule has 7 aromatic rings. The summed E-state index contributed by atoms with van der Waals surface area (Å²) < 4.78 is 20.0. The smallest absolute Gasteiger partial charge is 0.170 e. The zero-order chi connectivity index (χ0) is 27.4. The summed E-state index contributed by atoms with van der Waals surface area (Å²) in [5, 5.41) is 6.94. The van der Waals surface area contributed by atoms with Crippen molar-refractivity contribution in [1.29, 1.82) is 0 Å². The number of benzene rings is 7. The van der Waals surface area contributed by atoms with Crippen molar-refractivity contribution in [3.8, 4) is 11.1 Å². The first-order valence-electron chi connectivity index (χ1n) is 13.6. The van der Waals surface area contributed by atoms with Crippen LogP contribution in [0, 0.1) is 0 Å². The van der Waals surface area contributed by atoms with Gasteiger partial charge in [0.25, 0.3) is 0 Å². The second-order valence-corrected chi connectivity index (χ2v) is 12.4. The number of fused-ring (bicyclic) bond motifs is 7. The van der Waals surface area contributed by atoms with Crippen molar-refractivity contribution in [3.63, 3.8) is 0 Å². The van der Waals surface area contributed by atoms with Crippen LogP contribution < -0.4 is 0 Å². The highest BCUT2D eigenvalue weighted by atomic mass is 32.2. The minimum atomic E-state index is -3.01. The zero-order valence-corrected chi connectivity index (χ0v) is 22.9. The average molecular weight is 545 g/mol. The van der Waals surface area contributed by atoms with E-state index in [1.54, 1.807) is 0 Å². The number of aliphatic imine (C=N–C) groups is 1. The van der Waals surface area contributed by atoms with Gasteiger partial charge in [-0.2, -0.15) is 4.36 Å². The first-order valence-corrected chi connectivity index (χ1v) is 15.1. The Balaban J connectivity index is 1.34. The Labute approximate surface area is 238 Å². The number of hydrogen-bond donors (Lipinski definition) is 0. The third-order valence-corrected chi connectivity index (χ3v) is 10.2. The monoisotopic (exact) mass is 544 g/mol. The average Bonchev–Trinajstić information content (AvgIpc) is 3.05. The van der Waals surface area contributed by atoms with Gasteiger partial charge in [-0.3, -0.25) is 0 Å². The summed E-state index contributed by atoms with van der Waals surface area (Å²) in [7, 11) is -3.01. The van der Waals surface area contributed by atoms with Crippen molar-refractivity contribution >= 4 is 53.6 Å². The SMILES string of the molecule is O=S1(c2ccc3c4ccccc4c4ccccc4c3c2)=NC(c2ccc(-c3ccccc3)cc2)=Nc2ccccc21. The van der Waals surface area contributed by atoms with Gasteiger partial charge in [0.15, 0.2) is 5.84 Å². The predicted octanol–water partition coefficient (Wildman–Crippen LogP) is 9.79. The quantitative estimate of drug-likeness (QED) is 0.204. The Hall–Kier alpha value is -5.06. The molecule has 0 amide bonds. The van der Waals surface area contributed by atoms with Gasteiger partial charge in [-0.05, 0) is 67.7 Å². The van der Waals surface area contributed by atoms with E-state index in [-0.39, 0.29) is 0 Å². The second-order valence-electron chi connectivity index (χ2n) is 10.3. The number of para-hydroxylation sites is 1. The summed E-state index contributed by atoms with van der Waals surface area (Å²) in [6.45, 7) is 0. The van der Waals surface area contributed by atoms with E-state index in [1.165, 1.54) is 16.2 Å². The maximum atomic E-state index is 15.1. The van der Waals surface area contributed by atoms with Gasteiger partial charge in [0.2, 0.25) is 0 Å². The van der Waals surface area contributed by atoms with Crippen molar-refractivity contribution < 1.29 is 4.21 Å². The lowest BCUT2D eigenvalue weighted by Crippen LogP contribution is -2.11. The molecule has 4 heteroatoms. The second kappa shape index (κ2) is 9.26. The lowest BCUT2D eigenvalue weighted by Gasteiger charge is -2.19. The molecule has 3 nitrogen and oxygen atoms in total. The Morgan fingerprint density at radius 3 is 1.63 bits per heavy atom. The van der Waals surface area contributed by atoms with E-state index in [1.807, 2.05) is 60.7 Å². The maximum Gasteiger partial charge on any atom is 0.170 e. The Bertz CT molecular complexity index is 2260. The van der Waals surface area contributed by atoms with Crippen LogP contribution in [0.3, 0.4) is 0 Å². The molecule has 0 radical (unpaired) electrons. The van der Waals surface area contributed by atoms with Crippen LogP contribution in [-0.4, -0.2) is 10.0 Å². The van der Waals surface area contributed by atoms with Gasteiger partial charge in [0.1, 0.15) is 9.73 Å². The molecule has 0 bridgehead atoms. The molecule has 1 atom stereocenters. The van der Waals surface area contributed by atoms with E-state index in [9.17, 15) is 0 Å². The summed E-state index contributed by atoms with van der Waals surface area (Å²) in [6, 6.07) is 49.2. The molecular formula is C37H24N2OS. The lowest BCUT2D eigenvalue weighted by atomic mass is 9.94. The lowest BCUT2D eigenvalue weighted by molar-refractivity contribution is 0.677. The van der Waals surface area contributed by atoms with Gasteiger partial charge in [0.05, 0.1) is 15.5 Å². The third-order valence-electron chi connectivity index (χ3n) is 7.89. The fraction of sp³-hybridized carbons (Fsp3) is 0. The van der Waals surface area contributed by atoms with Crippen LogP contribution in [0.1, 0.15) is 5.56 Å². The summed E-state index contributed by atoms with van der Waals surface area (Å²) in [4.78, 5) is 6.20. The van der Waals surface area contributed by atoms with Crippen LogP contribution in [0.15, 0.2) is 165 Å². The summed E-state index contributed by atoms with van der Waals surface area (Å²) in [6.07, 6.45) is 0. The van der Waals surface area contributed by atoms with E-state index < -0.39 is 9.73 Å². The van der Waals surface area contributed by atoms with Gasteiger partial charge >= 0.3 is 0 Å². The van der Waals surface area contributed by atoms with Gasteiger partial charge in [0, 0.05) is 5.56 Å². The molecule has 0 spiro atoms. The minimum Gasteiger partial charge on any atom is -0.239 e. The Morgan fingerprint density at radius 1 is 0.439 bits per heavy atom. The topological polar surface area (TPSA) is 41.8 Å². The highest BCUT2D eigenvalue weighted by Gasteiger charge is 2.26. The van der Waals surface area contributed by atoms with E-state index in [4.69, 9.17) is 9.36 Å². The first kappa shape index (κ1) is 23.8. The van der Waals surface area contributed by atoms with Crippen LogP contribution in [0.5, 0.6) is 0 Å². The fourth-order valence-corrected chi connectivity index (χ4v) is 7.92. The normalized spacial score (nSPS) is 16.3. The van der Waals surface area contributed by atoms with Crippen LogP contribution in [-0.2, 0) is 9.73 Å². The molecule has 0 saturated heterocycles. The molecule has 0 fully saturated rings. The molecule has 0 N–H and O–H groups in total. The molecule has 1 unspecified atom stereocenters. The molecule has 1 aliphatic rings. The fourth-order valence-electron chi connectivity index (χ4n) is 5.89. The summed E-state index contributed by atoms with van der Waals surface area (Å²) in [5.41, 5.74) is 3.79. The van der Waals surface area contributed by atoms with Gasteiger partial charge in [-0.15, -0.1) is 0 Å². The third kappa shape index (κ3) is 3.80. The van der Waals surface area contributed by atoms with Crippen LogP contribution in [0.4, 0.5) is 5.69 Å². The molecule has 8 rings (SSSR count). The van der Waals surface area contributed by atoms with Crippen LogP contribution in [0.2, 0.25) is 0 Å². The maximum absolute atomic E-state index is 15.1. The summed E-state index contributed by atoms with van der Waals surface area (Å²) >= 11 is 0. The van der Waals surface area contributed by atoms with E-state index in [0.717, 1.165) is 32.8 Å². The van der Waals surface area contributed by atoms with Crippen LogP contribution in [0.25, 0.3) is 43.4 Å². The molecule has 7 aromatic carbocycles. The van der Waals surface area contributed by atoms with Crippen molar-refractivity contribution in [3.05, 3.63) is 151 Å². The molecule has 0 aromatic heterocycles. The number of nitrogens with zero attached hydrogens (tertiary/aromatic N) is 2. The number of rotatable bonds is 3. The van der Waals surface area contributed by atoms with Gasteiger partial charge in [-0.1, -0.05) is 121 Å². The van der Waals surface area contributed by atoms with Crippen molar-refractivity contribution in [2.75, 3.05) is 0 Å². The van der Waals surface area contributed by atoms with E-state index >= 15 is 4.21 Å². The molecule has 41 heavy (non-hydrogen) atoms.